The number of para-hydroxylation sites is 1. The standard InChI is InChI=1S/C30H25BO4/c1-29(2)30(3,4)35-31(34-29)22-11-8-14-26-28(22)27-19(10-7-13-25(27)33-26)18-15-16-24-21(17-18)20-9-5-6-12-23(20)32-24/h5-17H,1-4H3. The van der Waals surface area contributed by atoms with Gasteiger partial charge in [-0.25, -0.2) is 0 Å². The summed E-state index contributed by atoms with van der Waals surface area (Å²) in [6.07, 6.45) is 0. The van der Waals surface area contributed by atoms with E-state index in [2.05, 4.69) is 64.1 Å². The van der Waals surface area contributed by atoms with Crippen LogP contribution in [-0.2, 0) is 9.31 Å². The molecule has 6 aromatic rings. The van der Waals surface area contributed by atoms with Gasteiger partial charge in [0, 0.05) is 21.5 Å². The van der Waals surface area contributed by atoms with Crippen LogP contribution in [0.3, 0.4) is 0 Å². The minimum absolute atomic E-state index is 0.421. The molecule has 0 atom stereocenters. The monoisotopic (exact) mass is 460 g/mol. The van der Waals surface area contributed by atoms with Crippen LogP contribution in [0, 0.1) is 0 Å². The molecule has 0 unspecified atom stereocenters. The Morgan fingerprint density at radius 2 is 1.20 bits per heavy atom. The molecule has 1 aliphatic heterocycles. The fourth-order valence-electron chi connectivity index (χ4n) is 5.19. The average Bonchev–Trinajstić information content (AvgIpc) is 3.47. The summed E-state index contributed by atoms with van der Waals surface area (Å²) in [5.74, 6) is 0. The average molecular weight is 460 g/mol. The number of hydrogen-bond acceptors (Lipinski definition) is 4. The first kappa shape index (κ1) is 20.8. The van der Waals surface area contributed by atoms with E-state index in [-0.39, 0.29) is 0 Å². The van der Waals surface area contributed by atoms with E-state index in [1.807, 2.05) is 42.5 Å². The van der Waals surface area contributed by atoms with Gasteiger partial charge in [-0.15, -0.1) is 0 Å². The maximum Gasteiger partial charge on any atom is 0.495 e. The Morgan fingerprint density at radius 3 is 2.00 bits per heavy atom. The molecular weight excluding hydrogens is 435 g/mol. The lowest BCUT2D eigenvalue weighted by molar-refractivity contribution is 0.00578. The molecule has 7 rings (SSSR count). The van der Waals surface area contributed by atoms with Crippen LogP contribution in [0.1, 0.15) is 27.7 Å². The molecule has 2 aromatic heterocycles. The van der Waals surface area contributed by atoms with Gasteiger partial charge in [0.2, 0.25) is 0 Å². The van der Waals surface area contributed by atoms with E-state index >= 15 is 0 Å². The minimum atomic E-state index is -0.474. The highest BCUT2D eigenvalue weighted by atomic mass is 16.7. The van der Waals surface area contributed by atoms with Crippen molar-refractivity contribution in [1.82, 2.24) is 0 Å². The van der Waals surface area contributed by atoms with Gasteiger partial charge in [0.1, 0.15) is 22.3 Å². The van der Waals surface area contributed by atoms with Crippen LogP contribution in [0.4, 0.5) is 0 Å². The smallest absolute Gasteiger partial charge is 0.456 e. The van der Waals surface area contributed by atoms with Gasteiger partial charge >= 0.3 is 7.12 Å². The summed E-state index contributed by atoms with van der Waals surface area (Å²) >= 11 is 0. The second kappa shape index (κ2) is 7.00. The molecule has 5 heteroatoms. The Balaban J connectivity index is 1.48. The first-order valence-corrected chi connectivity index (χ1v) is 12.0. The third-order valence-corrected chi connectivity index (χ3v) is 7.75. The minimum Gasteiger partial charge on any atom is -0.456 e. The second-order valence-corrected chi connectivity index (χ2v) is 10.4. The van der Waals surface area contributed by atoms with Gasteiger partial charge in [-0.3, -0.25) is 0 Å². The molecule has 4 nitrogen and oxygen atoms in total. The fourth-order valence-corrected chi connectivity index (χ4v) is 5.19. The number of benzene rings is 4. The summed E-state index contributed by atoms with van der Waals surface area (Å²) in [5.41, 5.74) is 5.83. The molecule has 0 bridgehead atoms. The number of rotatable bonds is 2. The Bertz CT molecular complexity index is 1760. The summed E-state index contributed by atoms with van der Waals surface area (Å²) in [5, 5.41) is 4.33. The molecule has 0 spiro atoms. The summed E-state index contributed by atoms with van der Waals surface area (Å²) in [6.45, 7) is 8.32. The Morgan fingerprint density at radius 1 is 0.571 bits per heavy atom. The first-order valence-electron chi connectivity index (χ1n) is 12.0. The molecule has 1 aliphatic rings. The van der Waals surface area contributed by atoms with Crippen molar-refractivity contribution in [3.05, 3.63) is 78.9 Å². The molecule has 172 valence electrons. The Labute approximate surface area is 203 Å². The predicted octanol–water partition coefficient (Wildman–Crippen LogP) is 7.45. The van der Waals surface area contributed by atoms with Crippen molar-refractivity contribution in [2.75, 3.05) is 0 Å². The van der Waals surface area contributed by atoms with E-state index in [1.165, 1.54) is 0 Å². The number of hydrogen-bond donors (Lipinski definition) is 0. The van der Waals surface area contributed by atoms with E-state index in [0.717, 1.165) is 60.5 Å². The second-order valence-electron chi connectivity index (χ2n) is 10.4. The van der Waals surface area contributed by atoms with E-state index < -0.39 is 18.3 Å². The maximum atomic E-state index is 6.44. The van der Waals surface area contributed by atoms with Crippen LogP contribution in [0.25, 0.3) is 55.0 Å². The number of furan rings is 2. The fraction of sp³-hybridized carbons (Fsp3) is 0.200. The van der Waals surface area contributed by atoms with Gasteiger partial charge in [-0.05, 0) is 74.6 Å². The molecule has 35 heavy (non-hydrogen) atoms. The number of fused-ring (bicyclic) bond motifs is 6. The molecule has 1 saturated heterocycles. The van der Waals surface area contributed by atoms with Crippen molar-refractivity contribution in [1.29, 1.82) is 0 Å². The Hall–Kier alpha value is -3.54. The molecule has 3 heterocycles. The molecular formula is C30H25BO4. The van der Waals surface area contributed by atoms with Crippen molar-refractivity contribution < 1.29 is 18.1 Å². The van der Waals surface area contributed by atoms with Gasteiger partial charge in [-0.1, -0.05) is 48.5 Å². The van der Waals surface area contributed by atoms with E-state index in [0.29, 0.717) is 0 Å². The normalized spacial score (nSPS) is 17.3. The van der Waals surface area contributed by atoms with Crippen molar-refractivity contribution in [3.63, 3.8) is 0 Å². The third kappa shape index (κ3) is 2.95. The van der Waals surface area contributed by atoms with Crippen molar-refractivity contribution in [2.24, 2.45) is 0 Å². The van der Waals surface area contributed by atoms with Gasteiger partial charge in [0.15, 0.2) is 0 Å². The van der Waals surface area contributed by atoms with Crippen LogP contribution in [0.15, 0.2) is 87.7 Å². The lowest BCUT2D eigenvalue weighted by atomic mass is 9.76. The lowest BCUT2D eigenvalue weighted by Gasteiger charge is -2.32. The third-order valence-electron chi connectivity index (χ3n) is 7.75. The molecule has 0 aliphatic carbocycles. The zero-order chi connectivity index (χ0) is 23.9. The molecule has 0 saturated carbocycles. The van der Waals surface area contributed by atoms with Gasteiger partial charge < -0.3 is 18.1 Å². The first-order chi connectivity index (χ1) is 16.8. The van der Waals surface area contributed by atoms with Crippen LogP contribution >= 0.6 is 0 Å². The topological polar surface area (TPSA) is 44.7 Å². The SMILES string of the molecule is CC1(C)OB(c2cccc3oc4cccc(-c5ccc6oc7ccccc7c6c5)c4c23)OC1(C)C. The summed E-state index contributed by atoms with van der Waals surface area (Å²) in [4.78, 5) is 0. The highest BCUT2D eigenvalue weighted by Crippen LogP contribution is 2.41. The van der Waals surface area contributed by atoms with Crippen LogP contribution < -0.4 is 5.46 Å². The summed E-state index contributed by atoms with van der Waals surface area (Å²) in [7, 11) is -0.474. The lowest BCUT2D eigenvalue weighted by Crippen LogP contribution is -2.41. The molecule has 0 radical (unpaired) electrons. The largest absolute Gasteiger partial charge is 0.495 e. The van der Waals surface area contributed by atoms with Crippen LogP contribution in [-0.4, -0.2) is 18.3 Å². The van der Waals surface area contributed by atoms with Gasteiger partial charge in [-0.2, -0.15) is 0 Å². The van der Waals surface area contributed by atoms with Crippen molar-refractivity contribution in [2.45, 2.75) is 38.9 Å². The van der Waals surface area contributed by atoms with Crippen LogP contribution in [0.5, 0.6) is 0 Å². The Kier molecular flexibility index (Phi) is 4.16. The molecule has 1 fully saturated rings. The quantitative estimate of drug-likeness (QED) is 0.252. The summed E-state index contributed by atoms with van der Waals surface area (Å²) in [6, 6.07) is 26.9. The zero-order valence-electron chi connectivity index (χ0n) is 20.2. The van der Waals surface area contributed by atoms with Crippen molar-refractivity contribution in [3.8, 4) is 11.1 Å². The highest BCUT2D eigenvalue weighted by molar-refractivity contribution is 6.66. The van der Waals surface area contributed by atoms with E-state index in [9.17, 15) is 0 Å². The van der Waals surface area contributed by atoms with E-state index in [1.54, 1.807) is 0 Å². The zero-order valence-corrected chi connectivity index (χ0v) is 20.2. The predicted molar refractivity (Wildman–Crippen MR) is 142 cm³/mol. The molecule has 4 aromatic carbocycles. The maximum absolute atomic E-state index is 6.44. The molecule has 0 amide bonds. The van der Waals surface area contributed by atoms with Crippen LogP contribution in [0.2, 0.25) is 0 Å². The van der Waals surface area contributed by atoms with E-state index in [4.69, 9.17) is 18.1 Å². The van der Waals surface area contributed by atoms with Gasteiger partial charge in [0.25, 0.3) is 0 Å². The van der Waals surface area contributed by atoms with Gasteiger partial charge in [0.05, 0.1) is 11.2 Å². The summed E-state index contributed by atoms with van der Waals surface area (Å²) < 4.78 is 25.3. The molecule has 0 N–H and O–H groups in total. The highest BCUT2D eigenvalue weighted by Gasteiger charge is 2.52. The van der Waals surface area contributed by atoms with Crippen molar-refractivity contribution >= 4 is 56.5 Å².